The number of carbonyl (C=O) groups excluding carboxylic acids is 1. The van der Waals surface area contributed by atoms with E-state index < -0.39 is 15.9 Å². The minimum atomic E-state index is -3.54. The van der Waals surface area contributed by atoms with Crippen LogP contribution in [0.5, 0.6) is 0 Å². The first kappa shape index (κ1) is 33.1. The van der Waals surface area contributed by atoms with E-state index in [1.54, 1.807) is 24.3 Å². The van der Waals surface area contributed by atoms with Crippen LogP contribution in [0.3, 0.4) is 0 Å². The number of carbonyl (C=O) groups is 1. The highest BCUT2D eigenvalue weighted by Crippen LogP contribution is 2.29. The molecule has 2 aromatic carbocycles. The number of sulfonamides is 1. The maximum absolute atomic E-state index is 13.1. The molecule has 0 atom stereocenters. The molecule has 3 aliphatic heterocycles. The number of piperidine rings is 2. The number of rotatable bonds is 10. The largest absolute Gasteiger partial charge is 0.371 e. The van der Waals surface area contributed by atoms with Gasteiger partial charge in [0, 0.05) is 75.8 Å². The van der Waals surface area contributed by atoms with Gasteiger partial charge in [-0.15, -0.1) is 0 Å². The first-order chi connectivity index (χ1) is 22.7. The summed E-state index contributed by atoms with van der Waals surface area (Å²) in [7, 11) is -1.34. The van der Waals surface area contributed by atoms with Crippen LogP contribution in [0, 0.1) is 0 Å². The predicted molar refractivity (Wildman–Crippen MR) is 186 cm³/mol. The zero-order chi connectivity index (χ0) is 33.0. The van der Waals surface area contributed by atoms with E-state index in [-0.39, 0.29) is 11.7 Å². The summed E-state index contributed by atoms with van der Waals surface area (Å²) >= 11 is 0. The number of amides is 1. The molecule has 0 spiro atoms. The van der Waals surface area contributed by atoms with Crippen molar-refractivity contribution >= 4 is 38.9 Å². The topological polar surface area (TPSA) is 140 Å². The van der Waals surface area contributed by atoms with Crippen LogP contribution in [0.4, 0.5) is 23.0 Å². The van der Waals surface area contributed by atoms with Crippen molar-refractivity contribution in [3.05, 3.63) is 66.0 Å². The number of aryl methyl sites for hydroxylation is 1. The maximum Gasteiger partial charge on any atom is 0.271 e. The van der Waals surface area contributed by atoms with Gasteiger partial charge in [-0.1, -0.05) is 25.1 Å². The molecule has 4 N–H and O–H groups in total. The third-order valence-corrected chi connectivity index (χ3v) is 11.6. The Labute approximate surface area is 278 Å². The Hall–Kier alpha value is -3.78. The lowest BCUT2D eigenvalue weighted by Gasteiger charge is -2.42. The summed E-state index contributed by atoms with van der Waals surface area (Å²) in [6.45, 7) is 9.43. The van der Waals surface area contributed by atoms with Gasteiger partial charge in [-0.25, -0.2) is 18.4 Å². The maximum atomic E-state index is 13.1. The number of likely N-dealkylation sites (N-methyl/N-ethyl adjacent to an activating group) is 1. The molecule has 0 bridgehead atoms. The van der Waals surface area contributed by atoms with Crippen molar-refractivity contribution in [2.45, 2.75) is 56.0 Å². The molecule has 47 heavy (non-hydrogen) atoms. The fourth-order valence-corrected chi connectivity index (χ4v) is 8.33. The Morgan fingerprint density at radius 1 is 0.851 bits per heavy atom. The van der Waals surface area contributed by atoms with Crippen LogP contribution < -0.4 is 21.3 Å². The smallest absolute Gasteiger partial charge is 0.271 e. The second-order valence-electron chi connectivity index (χ2n) is 12.8. The van der Waals surface area contributed by atoms with Gasteiger partial charge in [-0.2, -0.15) is 4.31 Å². The third-order valence-electron chi connectivity index (χ3n) is 9.73. The molecule has 3 aliphatic rings. The second kappa shape index (κ2) is 14.5. The number of piperazine rings is 1. The Balaban J connectivity index is 1.09. The summed E-state index contributed by atoms with van der Waals surface area (Å²) in [5.41, 5.74) is 8.44. The molecule has 0 aliphatic carbocycles. The second-order valence-corrected chi connectivity index (χ2v) is 14.7. The molecule has 0 radical (unpaired) electrons. The fraction of sp³-hybridized carbons (Fsp3) is 0.500. The minimum Gasteiger partial charge on any atom is -0.371 e. The van der Waals surface area contributed by atoms with Crippen molar-refractivity contribution in [2.75, 3.05) is 74.9 Å². The number of nitrogens with one attached hydrogen (secondary N) is 2. The first-order valence-corrected chi connectivity index (χ1v) is 18.2. The van der Waals surface area contributed by atoms with Crippen LogP contribution in [0.2, 0.25) is 0 Å². The van der Waals surface area contributed by atoms with Crippen LogP contribution >= 0.6 is 0 Å². The van der Waals surface area contributed by atoms with Crippen molar-refractivity contribution in [3.63, 3.8) is 0 Å². The van der Waals surface area contributed by atoms with E-state index in [0.717, 1.165) is 45.0 Å². The lowest BCUT2D eigenvalue weighted by atomic mass is 10.0. The van der Waals surface area contributed by atoms with Crippen LogP contribution in [0.25, 0.3) is 0 Å². The van der Waals surface area contributed by atoms with Crippen LogP contribution in [0.1, 0.15) is 48.8 Å². The molecular formula is C34H47N9O3S. The average Bonchev–Trinajstić information content (AvgIpc) is 3.10. The van der Waals surface area contributed by atoms with E-state index in [2.05, 4.69) is 49.5 Å². The summed E-state index contributed by atoms with van der Waals surface area (Å²) in [5, 5.41) is 6.77. The summed E-state index contributed by atoms with van der Waals surface area (Å²) in [6, 6.07) is 17.4. The lowest BCUT2D eigenvalue weighted by Crippen LogP contribution is -2.52. The van der Waals surface area contributed by atoms with E-state index in [0.29, 0.717) is 60.6 Å². The number of benzene rings is 2. The zero-order valence-electron chi connectivity index (χ0n) is 27.4. The molecule has 3 saturated heterocycles. The summed E-state index contributed by atoms with van der Waals surface area (Å²) in [5.74, 6) is 0.215. The molecular weight excluding hydrogens is 615 g/mol. The fourth-order valence-electron chi connectivity index (χ4n) is 6.84. The molecule has 1 amide bonds. The molecule has 12 nitrogen and oxygen atoms in total. The van der Waals surface area contributed by atoms with Crippen molar-refractivity contribution in [1.29, 1.82) is 0 Å². The first-order valence-electron chi connectivity index (χ1n) is 16.8. The van der Waals surface area contributed by atoms with Crippen molar-refractivity contribution in [2.24, 2.45) is 5.73 Å². The molecule has 4 heterocycles. The van der Waals surface area contributed by atoms with Gasteiger partial charge >= 0.3 is 0 Å². The lowest BCUT2D eigenvalue weighted by molar-refractivity contribution is 0.0982. The van der Waals surface area contributed by atoms with E-state index >= 15 is 0 Å². The average molecular weight is 662 g/mol. The molecule has 252 valence electrons. The van der Waals surface area contributed by atoms with Gasteiger partial charge in [-0.3, -0.25) is 9.69 Å². The van der Waals surface area contributed by atoms with Gasteiger partial charge in [0.1, 0.15) is 0 Å². The number of hydrogen-bond acceptors (Lipinski definition) is 10. The van der Waals surface area contributed by atoms with Crippen LogP contribution in [0.15, 0.2) is 59.5 Å². The SMILES string of the molecule is CCc1nc(C(N)=O)c(Nc2ccc(N3CCC(N4CCN(C)CC4)CC3)cc2)nc1NC1CCN(S(=O)(=O)c2ccccc2)CC1. The van der Waals surface area contributed by atoms with Gasteiger partial charge < -0.3 is 26.2 Å². The quantitative estimate of drug-likeness (QED) is 0.296. The van der Waals surface area contributed by atoms with Gasteiger partial charge in [0.25, 0.3) is 5.91 Å². The molecule has 13 heteroatoms. The van der Waals surface area contributed by atoms with Crippen molar-refractivity contribution in [3.8, 4) is 0 Å². The van der Waals surface area contributed by atoms with E-state index in [1.165, 1.54) is 22.8 Å². The van der Waals surface area contributed by atoms with E-state index in [4.69, 9.17) is 10.7 Å². The number of aromatic nitrogens is 2. The van der Waals surface area contributed by atoms with Crippen molar-refractivity contribution in [1.82, 2.24) is 24.1 Å². The number of anilines is 4. The van der Waals surface area contributed by atoms with Gasteiger partial charge in [0.15, 0.2) is 17.3 Å². The van der Waals surface area contributed by atoms with Gasteiger partial charge in [0.2, 0.25) is 10.0 Å². The molecule has 1 aromatic heterocycles. The third kappa shape index (κ3) is 7.69. The summed E-state index contributed by atoms with van der Waals surface area (Å²) in [4.78, 5) is 29.7. The Bertz CT molecular complexity index is 1610. The van der Waals surface area contributed by atoms with Gasteiger partial charge in [-0.05, 0) is 75.5 Å². The Morgan fingerprint density at radius 3 is 2.13 bits per heavy atom. The Kier molecular flexibility index (Phi) is 10.3. The van der Waals surface area contributed by atoms with E-state index in [9.17, 15) is 13.2 Å². The highest BCUT2D eigenvalue weighted by Gasteiger charge is 2.30. The summed E-state index contributed by atoms with van der Waals surface area (Å²) < 4.78 is 27.7. The summed E-state index contributed by atoms with van der Waals surface area (Å²) in [6.07, 6.45) is 4.12. The van der Waals surface area contributed by atoms with Gasteiger partial charge in [0.05, 0.1) is 10.6 Å². The van der Waals surface area contributed by atoms with E-state index in [1.807, 2.05) is 25.1 Å². The predicted octanol–water partition coefficient (Wildman–Crippen LogP) is 3.36. The molecule has 6 rings (SSSR count). The number of hydrogen-bond donors (Lipinski definition) is 3. The number of nitrogens with two attached hydrogens (primary N) is 1. The molecule has 0 unspecified atom stereocenters. The molecule has 3 aromatic rings. The van der Waals surface area contributed by atoms with Crippen molar-refractivity contribution < 1.29 is 13.2 Å². The molecule has 3 fully saturated rings. The molecule has 0 saturated carbocycles. The monoisotopic (exact) mass is 661 g/mol. The highest BCUT2D eigenvalue weighted by atomic mass is 32.2. The zero-order valence-corrected chi connectivity index (χ0v) is 28.3. The highest BCUT2D eigenvalue weighted by molar-refractivity contribution is 7.89. The number of nitrogens with zero attached hydrogens (tertiary/aromatic N) is 6. The minimum absolute atomic E-state index is 0.00350. The van der Waals surface area contributed by atoms with Crippen LogP contribution in [-0.2, 0) is 16.4 Å². The standard InChI is InChI=1S/C34H47N9O3S/c1-3-30-33(36-26-13-19-43(20-14-26)47(45,46)29-7-5-4-6-8-29)39-34(31(38-30)32(35)44)37-25-9-11-27(12-10-25)41-17-15-28(16-18-41)42-23-21-40(2)22-24-42/h4-12,26,28H,3,13-24H2,1-2H3,(H2,35,44)(H2,36,37,39). The van der Waals surface area contributed by atoms with Crippen LogP contribution in [-0.4, -0.2) is 110 Å². The number of primary amides is 1. The normalized spacial score (nSPS) is 19.5. The Morgan fingerprint density at radius 2 is 1.51 bits per heavy atom.